The Balaban J connectivity index is 1.98. The van der Waals surface area contributed by atoms with Crippen molar-refractivity contribution in [2.75, 3.05) is 24.9 Å². The Hall–Kier alpha value is -2.17. The third-order valence-corrected chi connectivity index (χ3v) is 8.24. The molecule has 7 nitrogen and oxygen atoms in total. The fourth-order valence-corrected chi connectivity index (χ4v) is 6.29. The van der Waals surface area contributed by atoms with Crippen molar-refractivity contribution in [2.45, 2.75) is 36.0 Å². The zero-order chi connectivity index (χ0) is 21.2. The van der Waals surface area contributed by atoms with Crippen molar-refractivity contribution in [3.63, 3.8) is 0 Å². The van der Waals surface area contributed by atoms with Gasteiger partial charge in [0.1, 0.15) is 16.5 Å². The number of hydrogen-bond acceptors (Lipinski definition) is 5. The van der Waals surface area contributed by atoms with E-state index in [-0.39, 0.29) is 26.8 Å². The minimum atomic E-state index is -4.03. The molecule has 1 saturated heterocycles. The van der Waals surface area contributed by atoms with Gasteiger partial charge in [-0.2, -0.15) is 4.31 Å². The number of methoxy groups -OCH3 is 1. The number of benzene rings is 2. The predicted molar refractivity (Wildman–Crippen MR) is 108 cm³/mol. The van der Waals surface area contributed by atoms with Crippen molar-refractivity contribution >= 4 is 25.7 Å². The van der Waals surface area contributed by atoms with Crippen LogP contribution < -0.4 is 9.46 Å². The first-order valence-corrected chi connectivity index (χ1v) is 12.0. The molecule has 0 atom stereocenters. The standard InChI is InChI=1S/C19H23FN2O5S2/c1-14-12-15(20)6-9-18(14)28(23,24)21-16-7-8-17(27-2)19(13-16)29(25,26)22-10-4-3-5-11-22/h6-9,12-13,21H,3-5,10-11H2,1-2H3. The summed E-state index contributed by atoms with van der Waals surface area (Å²) in [4.78, 5) is -0.187. The maximum absolute atomic E-state index is 13.3. The lowest BCUT2D eigenvalue weighted by atomic mass is 10.2. The molecule has 10 heteroatoms. The molecule has 2 aromatic carbocycles. The third kappa shape index (κ3) is 4.54. The van der Waals surface area contributed by atoms with Gasteiger partial charge in [-0.15, -0.1) is 0 Å². The van der Waals surface area contributed by atoms with Crippen LogP contribution in [0.15, 0.2) is 46.2 Å². The fourth-order valence-electron chi connectivity index (χ4n) is 3.31. The molecule has 0 radical (unpaired) electrons. The van der Waals surface area contributed by atoms with Gasteiger partial charge in [-0.05, 0) is 61.7 Å². The minimum Gasteiger partial charge on any atom is -0.495 e. The molecule has 0 saturated carbocycles. The summed E-state index contributed by atoms with van der Waals surface area (Å²) in [6, 6.07) is 7.43. The second kappa shape index (κ2) is 8.29. The highest BCUT2D eigenvalue weighted by Gasteiger charge is 2.29. The molecule has 1 N–H and O–H groups in total. The fraction of sp³-hybridized carbons (Fsp3) is 0.368. The molecule has 0 bridgehead atoms. The highest BCUT2D eigenvalue weighted by atomic mass is 32.2. The first-order valence-electron chi connectivity index (χ1n) is 9.12. The molecule has 0 unspecified atom stereocenters. The van der Waals surface area contributed by atoms with E-state index in [1.54, 1.807) is 0 Å². The second-order valence-corrected chi connectivity index (χ2v) is 10.4. The molecule has 1 aliphatic heterocycles. The Labute approximate surface area is 170 Å². The zero-order valence-corrected chi connectivity index (χ0v) is 17.8. The van der Waals surface area contributed by atoms with E-state index in [1.807, 2.05) is 0 Å². The van der Waals surface area contributed by atoms with Gasteiger partial charge in [0.15, 0.2) is 0 Å². The van der Waals surface area contributed by atoms with Gasteiger partial charge in [0, 0.05) is 13.1 Å². The summed E-state index contributed by atoms with van der Waals surface area (Å²) in [5.41, 5.74) is 0.317. The highest BCUT2D eigenvalue weighted by molar-refractivity contribution is 7.92. The Kier molecular flexibility index (Phi) is 6.16. The molecule has 29 heavy (non-hydrogen) atoms. The number of piperidine rings is 1. The lowest BCUT2D eigenvalue weighted by molar-refractivity contribution is 0.343. The summed E-state index contributed by atoms with van der Waals surface area (Å²) in [5, 5.41) is 0. The van der Waals surface area contributed by atoms with Crippen molar-refractivity contribution in [1.82, 2.24) is 4.31 Å². The lowest BCUT2D eigenvalue weighted by Crippen LogP contribution is -2.35. The van der Waals surface area contributed by atoms with Gasteiger partial charge in [0.25, 0.3) is 10.0 Å². The third-order valence-electron chi connectivity index (χ3n) is 4.78. The van der Waals surface area contributed by atoms with E-state index in [9.17, 15) is 21.2 Å². The molecular weight excluding hydrogens is 419 g/mol. The van der Waals surface area contributed by atoms with Crippen molar-refractivity contribution < 1.29 is 26.0 Å². The zero-order valence-electron chi connectivity index (χ0n) is 16.2. The van der Waals surface area contributed by atoms with E-state index >= 15 is 0 Å². The number of nitrogens with zero attached hydrogens (tertiary/aromatic N) is 1. The van der Waals surface area contributed by atoms with Crippen LogP contribution in [0.1, 0.15) is 24.8 Å². The molecule has 1 heterocycles. The summed E-state index contributed by atoms with van der Waals surface area (Å²) in [5.74, 6) is -0.405. The smallest absolute Gasteiger partial charge is 0.262 e. The minimum absolute atomic E-state index is 0.0742. The maximum atomic E-state index is 13.3. The summed E-state index contributed by atoms with van der Waals surface area (Å²) in [6.07, 6.45) is 2.52. The second-order valence-electron chi connectivity index (χ2n) is 6.85. The Morgan fingerprint density at radius 1 is 0.966 bits per heavy atom. The van der Waals surface area contributed by atoms with Gasteiger partial charge in [-0.3, -0.25) is 4.72 Å². The molecule has 3 rings (SSSR count). The molecule has 0 amide bonds. The van der Waals surface area contributed by atoms with E-state index in [1.165, 1.54) is 42.6 Å². The van der Waals surface area contributed by atoms with Crippen LogP contribution in [0.25, 0.3) is 0 Å². The van der Waals surface area contributed by atoms with E-state index in [0.29, 0.717) is 13.1 Å². The number of hydrogen-bond donors (Lipinski definition) is 1. The van der Waals surface area contributed by atoms with Gasteiger partial charge < -0.3 is 4.74 Å². The van der Waals surface area contributed by atoms with Gasteiger partial charge in [-0.25, -0.2) is 21.2 Å². The van der Waals surface area contributed by atoms with Crippen molar-refractivity contribution in [3.05, 3.63) is 47.8 Å². The molecule has 0 aliphatic carbocycles. The Morgan fingerprint density at radius 3 is 2.28 bits per heavy atom. The molecular formula is C19H23FN2O5S2. The average Bonchev–Trinajstić information content (AvgIpc) is 2.68. The molecule has 158 valence electrons. The van der Waals surface area contributed by atoms with E-state index < -0.39 is 25.9 Å². The monoisotopic (exact) mass is 442 g/mol. The van der Waals surface area contributed by atoms with Crippen LogP contribution in [-0.2, 0) is 20.0 Å². The number of nitrogens with one attached hydrogen (secondary N) is 1. The molecule has 0 aromatic heterocycles. The Morgan fingerprint density at radius 2 is 1.66 bits per heavy atom. The van der Waals surface area contributed by atoms with Crippen LogP contribution in [0.3, 0.4) is 0 Å². The van der Waals surface area contributed by atoms with Gasteiger partial charge >= 0.3 is 0 Å². The molecule has 1 fully saturated rings. The van der Waals surface area contributed by atoms with Crippen LogP contribution >= 0.6 is 0 Å². The quantitative estimate of drug-likeness (QED) is 0.742. The van der Waals surface area contributed by atoms with Crippen LogP contribution in [0.4, 0.5) is 10.1 Å². The SMILES string of the molecule is COc1ccc(NS(=O)(=O)c2ccc(F)cc2C)cc1S(=O)(=O)N1CCCCC1. The maximum Gasteiger partial charge on any atom is 0.262 e. The number of halogens is 1. The van der Waals surface area contributed by atoms with Gasteiger partial charge in [0.2, 0.25) is 10.0 Å². The summed E-state index contributed by atoms with van der Waals surface area (Å²) >= 11 is 0. The molecule has 1 aliphatic rings. The largest absolute Gasteiger partial charge is 0.495 e. The number of rotatable bonds is 6. The van der Waals surface area contributed by atoms with Crippen molar-refractivity contribution in [1.29, 1.82) is 0 Å². The summed E-state index contributed by atoms with van der Waals surface area (Å²) < 4.78 is 73.9. The number of aryl methyl sites for hydroxylation is 1. The van der Waals surface area contributed by atoms with Gasteiger partial charge in [-0.1, -0.05) is 6.42 Å². The molecule has 0 spiro atoms. The molecule has 2 aromatic rings. The number of sulfonamides is 2. The van der Waals surface area contributed by atoms with Crippen LogP contribution in [0.5, 0.6) is 5.75 Å². The predicted octanol–water partition coefficient (Wildman–Crippen LogP) is 3.12. The van der Waals surface area contributed by atoms with E-state index in [2.05, 4.69) is 4.72 Å². The Bertz CT molecular complexity index is 1110. The van der Waals surface area contributed by atoms with Crippen molar-refractivity contribution in [2.24, 2.45) is 0 Å². The van der Waals surface area contributed by atoms with Crippen LogP contribution in [0.2, 0.25) is 0 Å². The average molecular weight is 443 g/mol. The van der Waals surface area contributed by atoms with Gasteiger partial charge in [0.05, 0.1) is 17.7 Å². The topological polar surface area (TPSA) is 92.8 Å². The van der Waals surface area contributed by atoms with Crippen molar-refractivity contribution in [3.8, 4) is 5.75 Å². The number of anilines is 1. The first-order chi connectivity index (χ1) is 13.6. The van der Waals surface area contributed by atoms with Crippen LogP contribution in [-0.4, -0.2) is 41.3 Å². The van der Waals surface area contributed by atoms with Crippen LogP contribution in [0, 0.1) is 12.7 Å². The summed E-state index contributed by atoms with van der Waals surface area (Å²) in [7, 11) is -6.51. The number of ether oxygens (including phenoxy) is 1. The van der Waals surface area contributed by atoms with E-state index in [4.69, 9.17) is 4.74 Å². The lowest BCUT2D eigenvalue weighted by Gasteiger charge is -2.26. The normalized spacial score (nSPS) is 15.8. The van der Waals surface area contributed by atoms with E-state index in [0.717, 1.165) is 31.4 Å². The first kappa shape index (κ1) is 21.5. The summed E-state index contributed by atoms with van der Waals surface area (Å²) in [6.45, 7) is 2.31. The highest BCUT2D eigenvalue weighted by Crippen LogP contribution is 2.32.